The molecule has 0 saturated carbocycles. The Kier molecular flexibility index (Phi) is 10.3. The van der Waals surface area contributed by atoms with E-state index < -0.39 is 22.9 Å². The second-order valence-electron chi connectivity index (χ2n) is 7.53. The van der Waals surface area contributed by atoms with Crippen molar-refractivity contribution in [3.63, 3.8) is 0 Å². The van der Waals surface area contributed by atoms with Crippen LogP contribution in [0.5, 0.6) is 5.75 Å². The smallest absolute Gasteiger partial charge is 0.413 e. The summed E-state index contributed by atoms with van der Waals surface area (Å²) in [5, 5.41) is 15.4. The van der Waals surface area contributed by atoms with Gasteiger partial charge in [-0.05, 0) is 53.8 Å². The third kappa shape index (κ3) is 8.51. The average molecular weight is 573 g/mol. The molecular weight excluding hydrogens is 548 g/mol. The van der Waals surface area contributed by atoms with E-state index in [-0.39, 0.29) is 21.4 Å². The molecule has 0 atom stereocenters. The van der Waals surface area contributed by atoms with Crippen LogP contribution >= 0.6 is 23.1 Å². The number of hydrogen-bond acceptors (Lipinski definition) is 11. The van der Waals surface area contributed by atoms with Crippen molar-refractivity contribution in [3.8, 4) is 5.75 Å². The molecule has 2 heterocycles. The number of nitrogens with zero attached hydrogens (tertiary/aromatic N) is 3. The number of thioether (sulfide) groups is 1. The van der Waals surface area contributed by atoms with Gasteiger partial charge in [0.25, 0.3) is 5.91 Å². The highest BCUT2D eigenvalue weighted by Gasteiger charge is 2.17. The van der Waals surface area contributed by atoms with Crippen LogP contribution in [-0.4, -0.2) is 50.7 Å². The molecule has 0 fully saturated rings. The van der Waals surface area contributed by atoms with Gasteiger partial charge in [-0.1, -0.05) is 19.1 Å². The number of H-pyrrole nitrogens is 1. The SMILES string of the molecule is CC(=O)Oc1ccccc1C(=O)Nc1ncc([N+](=O)[O-])s1.CCCSc1ccc2nc(NC(=O)OC)[nH]c2c1. The lowest BCUT2D eigenvalue weighted by Gasteiger charge is -2.07. The summed E-state index contributed by atoms with van der Waals surface area (Å²) in [6.45, 7) is 3.37. The highest BCUT2D eigenvalue weighted by atomic mass is 32.2. The van der Waals surface area contributed by atoms with E-state index in [1.807, 2.05) is 18.2 Å². The Morgan fingerprint density at radius 1 is 1.18 bits per heavy atom. The van der Waals surface area contributed by atoms with Gasteiger partial charge in [0.2, 0.25) is 5.95 Å². The minimum atomic E-state index is -0.597. The van der Waals surface area contributed by atoms with Gasteiger partial charge in [-0.3, -0.25) is 30.3 Å². The zero-order valence-corrected chi connectivity index (χ0v) is 22.7. The van der Waals surface area contributed by atoms with Gasteiger partial charge in [0, 0.05) is 11.8 Å². The van der Waals surface area contributed by atoms with Gasteiger partial charge < -0.3 is 14.5 Å². The number of thiazole rings is 1. The maximum Gasteiger partial charge on any atom is 0.413 e. The fourth-order valence-corrected chi connectivity index (χ4v) is 4.41. The van der Waals surface area contributed by atoms with Crippen LogP contribution in [0.25, 0.3) is 11.0 Å². The quantitative estimate of drug-likeness (QED) is 0.0805. The molecule has 0 spiro atoms. The van der Waals surface area contributed by atoms with E-state index in [0.717, 1.165) is 40.7 Å². The van der Waals surface area contributed by atoms with Gasteiger partial charge in [-0.15, -0.1) is 11.8 Å². The zero-order valence-electron chi connectivity index (χ0n) is 21.0. The third-order valence-corrected chi connectivity index (χ3v) is 6.68. The Morgan fingerprint density at radius 3 is 2.62 bits per heavy atom. The lowest BCUT2D eigenvalue weighted by atomic mass is 10.2. The minimum Gasteiger partial charge on any atom is -0.453 e. The van der Waals surface area contributed by atoms with Gasteiger partial charge in [-0.25, -0.2) is 14.8 Å². The molecule has 13 nitrogen and oxygen atoms in total. The van der Waals surface area contributed by atoms with Crippen LogP contribution < -0.4 is 15.4 Å². The summed E-state index contributed by atoms with van der Waals surface area (Å²) in [4.78, 5) is 56.3. The van der Waals surface area contributed by atoms with Crippen LogP contribution in [0.3, 0.4) is 0 Å². The molecule has 2 aromatic heterocycles. The maximum absolute atomic E-state index is 12.1. The molecule has 0 aliphatic rings. The van der Waals surface area contributed by atoms with E-state index in [4.69, 9.17) is 4.74 Å². The normalized spacial score (nSPS) is 10.2. The number of carbonyl (C=O) groups excluding carboxylic acids is 3. The Bertz CT molecular complexity index is 1490. The molecule has 2 amide bonds. The molecule has 15 heteroatoms. The van der Waals surface area contributed by atoms with Gasteiger partial charge in [0.05, 0.1) is 28.6 Å². The van der Waals surface area contributed by atoms with Gasteiger partial charge in [-0.2, -0.15) is 0 Å². The standard InChI is InChI=1S/C12H9N3O5S.C12H15N3O2S/c1-7(16)20-9-5-3-2-4-8(9)11(17)14-12-13-6-10(21-12)15(18)19;1-3-6-18-8-4-5-9-10(7-8)14-11(13-9)15-12(16)17-2/h2-6H,1H3,(H,13,14,17);4-5,7H,3,6H2,1-2H3,(H2,13,14,15,16). The molecular formula is C24H24N6O7S2. The molecule has 0 bridgehead atoms. The van der Waals surface area contributed by atoms with Crippen molar-refractivity contribution in [2.24, 2.45) is 0 Å². The van der Waals surface area contributed by atoms with Gasteiger partial charge in [0.1, 0.15) is 11.9 Å². The molecule has 0 unspecified atom stereocenters. The van der Waals surface area contributed by atoms with E-state index in [1.165, 1.54) is 31.1 Å². The number of carbonyl (C=O) groups is 3. The number of anilines is 2. The highest BCUT2D eigenvalue weighted by molar-refractivity contribution is 7.99. The predicted octanol–water partition coefficient (Wildman–Crippen LogP) is 5.47. The Morgan fingerprint density at radius 2 is 1.95 bits per heavy atom. The van der Waals surface area contributed by atoms with Crippen LogP contribution in [0.4, 0.5) is 20.9 Å². The van der Waals surface area contributed by atoms with Crippen LogP contribution in [0.2, 0.25) is 0 Å². The summed E-state index contributed by atoms with van der Waals surface area (Å²) < 4.78 is 9.44. The molecule has 204 valence electrons. The lowest BCUT2D eigenvalue weighted by Crippen LogP contribution is -2.14. The molecule has 4 rings (SSSR count). The number of nitrogens with one attached hydrogen (secondary N) is 3. The van der Waals surface area contributed by atoms with Gasteiger partial charge >= 0.3 is 17.1 Å². The molecule has 0 aliphatic heterocycles. The first-order valence-electron chi connectivity index (χ1n) is 11.4. The molecule has 3 N–H and O–H groups in total. The van der Waals surface area contributed by atoms with E-state index in [2.05, 4.69) is 37.2 Å². The predicted molar refractivity (Wildman–Crippen MR) is 148 cm³/mol. The Labute approximate surface area is 230 Å². The number of rotatable bonds is 8. The zero-order chi connectivity index (χ0) is 28.4. The number of ether oxygens (including phenoxy) is 2. The van der Waals surface area contributed by atoms with E-state index >= 15 is 0 Å². The number of para-hydroxylation sites is 1. The highest BCUT2D eigenvalue weighted by Crippen LogP contribution is 2.27. The Balaban J connectivity index is 0.000000218. The van der Waals surface area contributed by atoms with E-state index in [1.54, 1.807) is 23.9 Å². The minimum absolute atomic E-state index is 0.0873. The molecule has 2 aromatic carbocycles. The average Bonchev–Trinajstić information content (AvgIpc) is 3.54. The molecule has 4 aromatic rings. The summed E-state index contributed by atoms with van der Waals surface area (Å²) in [7, 11) is 1.32. The molecule has 0 radical (unpaired) electrons. The number of fused-ring (bicyclic) bond motifs is 1. The molecule has 0 aliphatic carbocycles. The van der Waals surface area contributed by atoms with Crippen molar-refractivity contribution in [3.05, 3.63) is 64.3 Å². The fourth-order valence-electron chi connectivity index (χ4n) is 2.98. The van der Waals surface area contributed by atoms with Crippen molar-refractivity contribution in [1.29, 1.82) is 0 Å². The first kappa shape index (κ1) is 29.1. The van der Waals surface area contributed by atoms with Crippen LogP contribution in [0, 0.1) is 10.1 Å². The number of imidazole rings is 1. The van der Waals surface area contributed by atoms with Crippen molar-refractivity contribution >= 4 is 68.2 Å². The summed E-state index contributed by atoms with van der Waals surface area (Å²) in [6, 6.07) is 12.2. The number of methoxy groups -OCH3 is 1. The third-order valence-electron chi connectivity index (χ3n) is 4.61. The topological polar surface area (TPSA) is 178 Å². The van der Waals surface area contributed by atoms with Crippen molar-refractivity contribution in [2.45, 2.75) is 25.2 Å². The first-order chi connectivity index (χ1) is 18.7. The van der Waals surface area contributed by atoms with Crippen LogP contribution in [0.15, 0.2) is 53.6 Å². The summed E-state index contributed by atoms with van der Waals surface area (Å²) in [5.74, 6) is 0.465. The monoisotopic (exact) mass is 572 g/mol. The molecule has 39 heavy (non-hydrogen) atoms. The lowest BCUT2D eigenvalue weighted by molar-refractivity contribution is -0.380. The number of amides is 2. The van der Waals surface area contributed by atoms with Crippen molar-refractivity contribution < 1.29 is 28.8 Å². The number of esters is 1. The summed E-state index contributed by atoms with van der Waals surface area (Å²) >= 11 is 2.54. The second-order valence-corrected chi connectivity index (χ2v) is 9.71. The van der Waals surface area contributed by atoms with Crippen molar-refractivity contribution in [2.75, 3.05) is 23.5 Å². The van der Waals surface area contributed by atoms with Gasteiger partial charge in [0.15, 0.2) is 5.13 Å². The number of aromatic amines is 1. The van der Waals surface area contributed by atoms with E-state index in [0.29, 0.717) is 5.95 Å². The summed E-state index contributed by atoms with van der Waals surface area (Å²) in [5.41, 5.74) is 1.86. The maximum atomic E-state index is 12.1. The number of nitro groups is 1. The van der Waals surface area contributed by atoms with E-state index in [9.17, 15) is 24.5 Å². The first-order valence-corrected chi connectivity index (χ1v) is 13.2. The number of benzene rings is 2. The summed E-state index contributed by atoms with van der Waals surface area (Å²) in [6.07, 6.45) is 1.66. The fraction of sp³-hybridized carbons (Fsp3) is 0.208. The van der Waals surface area contributed by atoms with Crippen LogP contribution in [-0.2, 0) is 9.53 Å². The number of hydrogen-bond donors (Lipinski definition) is 3. The van der Waals surface area contributed by atoms with Crippen LogP contribution in [0.1, 0.15) is 30.6 Å². The largest absolute Gasteiger partial charge is 0.453 e. The number of aromatic nitrogens is 3. The second kappa shape index (κ2) is 13.9. The van der Waals surface area contributed by atoms with Crippen molar-refractivity contribution in [1.82, 2.24) is 15.0 Å². The Hall–Kier alpha value is -4.50. The molecule has 0 saturated heterocycles.